The van der Waals surface area contributed by atoms with Crippen LogP contribution < -0.4 is 9.47 Å². The Morgan fingerprint density at radius 1 is 0.929 bits per heavy atom. The summed E-state index contributed by atoms with van der Waals surface area (Å²) in [7, 11) is 3.37. The number of aryl methyl sites for hydroxylation is 2. The maximum absolute atomic E-state index is 5.52. The first-order chi connectivity index (χ1) is 13.7. The van der Waals surface area contributed by atoms with Gasteiger partial charge in [-0.2, -0.15) is 0 Å². The maximum atomic E-state index is 5.52. The van der Waals surface area contributed by atoms with Crippen LogP contribution in [0.3, 0.4) is 0 Å². The third-order valence-electron chi connectivity index (χ3n) is 5.67. The highest BCUT2D eigenvalue weighted by molar-refractivity contribution is 5.43. The second-order valence-electron chi connectivity index (χ2n) is 7.40. The van der Waals surface area contributed by atoms with Crippen molar-refractivity contribution in [3.05, 3.63) is 83.2 Å². The van der Waals surface area contributed by atoms with Gasteiger partial charge in [0.25, 0.3) is 0 Å². The predicted molar refractivity (Wildman–Crippen MR) is 112 cm³/mol. The van der Waals surface area contributed by atoms with Crippen LogP contribution in [-0.2, 0) is 13.1 Å². The smallest absolute Gasteiger partial charge is 0.161 e. The van der Waals surface area contributed by atoms with Gasteiger partial charge in [-0.15, -0.1) is 0 Å². The monoisotopic (exact) mass is 376 g/mol. The van der Waals surface area contributed by atoms with E-state index >= 15 is 0 Å². The molecule has 0 amide bonds. The summed E-state index contributed by atoms with van der Waals surface area (Å²) in [5.41, 5.74) is 5.31. The molecule has 4 heteroatoms. The first kappa shape index (κ1) is 18.6. The van der Waals surface area contributed by atoms with E-state index in [1.165, 1.54) is 22.4 Å². The van der Waals surface area contributed by atoms with Crippen LogP contribution >= 0.6 is 0 Å². The number of nitrogens with zero attached hydrogens (tertiary/aromatic N) is 2. The molecule has 1 atom stereocenters. The van der Waals surface area contributed by atoms with Crippen molar-refractivity contribution in [3.63, 3.8) is 0 Å². The summed E-state index contributed by atoms with van der Waals surface area (Å²) in [5.74, 6) is 1.55. The summed E-state index contributed by atoms with van der Waals surface area (Å²) in [6.45, 7) is 5.19. The second kappa shape index (κ2) is 8.11. The van der Waals surface area contributed by atoms with Crippen LogP contribution in [0.1, 0.15) is 34.8 Å². The van der Waals surface area contributed by atoms with Crippen LogP contribution in [0.2, 0.25) is 0 Å². The van der Waals surface area contributed by atoms with Gasteiger partial charge in [0, 0.05) is 31.5 Å². The van der Waals surface area contributed by atoms with Crippen LogP contribution in [0.5, 0.6) is 11.5 Å². The van der Waals surface area contributed by atoms with Crippen molar-refractivity contribution in [2.75, 3.05) is 20.8 Å². The summed E-state index contributed by atoms with van der Waals surface area (Å²) in [4.78, 5) is 2.59. The number of aromatic nitrogens is 1. The van der Waals surface area contributed by atoms with Gasteiger partial charge in [-0.25, -0.2) is 0 Å². The lowest BCUT2D eigenvalue weighted by atomic mass is 9.96. The van der Waals surface area contributed by atoms with Gasteiger partial charge in [0.05, 0.1) is 20.3 Å². The molecule has 0 saturated heterocycles. The first-order valence-corrected chi connectivity index (χ1v) is 9.87. The van der Waals surface area contributed by atoms with Gasteiger partial charge in [0.15, 0.2) is 11.5 Å². The summed E-state index contributed by atoms with van der Waals surface area (Å²) in [6, 6.07) is 19.7. The Morgan fingerprint density at radius 2 is 1.75 bits per heavy atom. The predicted octanol–water partition coefficient (Wildman–Crippen LogP) is 4.81. The Balaban J connectivity index is 1.73. The van der Waals surface area contributed by atoms with Crippen LogP contribution in [-0.4, -0.2) is 30.2 Å². The summed E-state index contributed by atoms with van der Waals surface area (Å²) in [5, 5.41) is 0. The quantitative estimate of drug-likeness (QED) is 0.639. The van der Waals surface area contributed by atoms with E-state index in [2.05, 4.69) is 71.1 Å². The van der Waals surface area contributed by atoms with Crippen LogP contribution in [0.4, 0.5) is 0 Å². The fraction of sp³-hybridized carbons (Fsp3) is 0.333. The van der Waals surface area contributed by atoms with Crippen LogP contribution in [0, 0.1) is 6.92 Å². The molecule has 4 rings (SSSR count). The fourth-order valence-corrected chi connectivity index (χ4v) is 4.27. The first-order valence-electron chi connectivity index (χ1n) is 9.87. The zero-order chi connectivity index (χ0) is 19.5. The fourth-order valence-electron chi connectivity index (χ4n) is 4.27. The number of hydrogen-bond acceptors (Lipinski definition) is 3. The van der Waals surface area contributed by atoms with Crippen molar-refractivity contribution in [3.8, 4) is 11.5 Å². The van der Waals surface area contributed by atoms with Gasteiger partial charge in [-0.05, 0) is 54.3 Å². The highest BCUT2D eigenvalue weighted by Gasteiger charge is 2.28. The molecule has 1 aliphatic heterocycles. The third kappa shape index (κ3) is 3.52. The molecule has 146 valence electrons. The van der Waals surface area contributed by atoms with Crippen molar-refractivity contribution in [2.24, 2.45) is 0 Å². The van der Waals surface area contributed by atoms with Gasteiger partial charge in [0.2, 0.25) is 0 Å². The Labute approximate surface area is 167 Å². The summed E-state index contributed by atoms with van der Waals surface area (Å²) in [6.07, 6.45) is 3.35. The highest BCUT2D eigenvalue weighted by Crippen LogP contribution is 2.35. The molecule has 0 bridgehead atoms. The zero-order valence-electron chi connectivity index (χ0n) is 16.9. The minimum atomic E-state index is 0.242. The Bertz CT molecular complexity index is 947. The van der Waals surface area contributed by atoms with E-state index < -0.39 is 0 Å². The molecular formula is C24H28N2O2. The standard InChI is InChI=1S/C24H28N2O2/c1-18-8-4-5-9-20(18)24-21-10-6-13-25(21)14-7-15-26(24)17-19-11-12-22(27-2)23(16-19)28-3/h4-6,8-13,16,24H,7,14-15,17H2,1-3H3. The molecule has 1 aliphatic rings. The maximum Gasteiger partial charge on any atom is 0.161 e. The molecule has 0 aliphatic carbocycles. The number of rotatable bonds is 5. The number of fused-ring (bicyclic) bond motifs is 1. The minimum Gasteiger partial charge on any atom is -0.493 e. The summed E-state index contributed by atoms with van der Waals surface area (Å²) < 4.78 is 13.3. The topological polar surface area (TPSA) is 26.6 Å². The lowest BCUT2D eigenvalue weighted by molar-refractivity contribution is 0.219. The molecule has 0 N–H and O–H groups in total. The number of hydrogen-bond donors (Lipinski definition) is 0. The van der Waals surface area contributed by atoms with Crippen LogP contribution in [0.25, 0.3) is 0 Å². The molecule has 0 saturated carbocycles. The number of benzene rings is 2. The van der Waals surface area contributed by atoms with E-state index in [1.807, 2.05) is 6.07 Å². The van der Waals surface area contributed by atoms with Gasteiger partial charge >= 0.3 is 0 Å². The highest BCUT2D eigenvalue weighted by atomic mass is 16.5. The second-order valence-corrected chi connectivity index (χ2v) is 7.40. The number of methoxy groups -OCH3 is 2. The minimum absolute atomic E-state index is 0.242. The molecule has 28 heavy (non-hydrogen) atoms. The molecule has 1 aromatic heterocycles. The largest absolute Gasteiger partial charge is 0.493 e. The van der Waals surface area contributed by atoms with Crippen molar-refractivity contribution in [1.82, 2.24) is 9.47 Å². The molecule has 0 fully saturated rings. The van der Waals surface area contributed by atoms with E-state index in [-0.39, 0.29) is 6.04 Å². The van der Waals surface area contributed by atoms with Crippen molar-refractivity contribution >= 4 is 0 Å². The SMILES string of the molecule is COc1ccc(CN2CCCn3cccc3C2c2ccccc2C)cc1OC. The molecular weight excluding hydrogens is 348 g/mol. The molecule has 2 aromatic carbocycles. The van der Waals surface area contributed by atoms with Gasteiger partial charge in [0.1, 0.15) is 0 Å². The molecule has 2 heterocycles. The van der Waals surface area contributed by atoms with Crippen molar-refractivity contribution in [2.45, 2.75) is 32.5 Å². The Kier molecular flexibility index (Phi) is 5.40. The van der Waals surface area contributed by atoms with Gasteiger partial charge in [-0.1, -0.05) is 30.3 Å². The third-order valence-corrected chi connectivity index (χ3v) is 5.67. The van der Waals surface area contributed by atoms with E-state index in [4.69, 9.17) is 9.47 Å². The van der Waals surface area contributed by atoms with Gasteiger partial charge in [-0.3, -0.25) is 4.90 Å². The average Bonchev–Trinajstić information content (AvgIpc) is 3.10. The Hall–Kier alpha value is -2.72. The number of ether oxygens (including phenoxy) is 2. The van der Waals surface area contributed by atoms with E-state index in [9.17, 15) is 0 Å². The molecule has 3 aromatic rings. The Morgan fingerprint density at radius 3 is 2.54 bits per heavy atom. The van der Waals surface area contributed by atoms with E-state index in [0.29, 0.717) is 0 Å². The zero-order valence-corrected chi connectivity index (χ0v) is 16.9. The van der Waals surface area contributed by atoms with E-state index in [1.54, 1.807) is 14.2 Å². The normalized spacial score (nSPS) is 17.0. The molecule has 4 nitrogen and oxygen atoms in total. The molecule has 0 spiro atoms. The molecule has 0 radical (unpaired) electrons. The molecule has 1 unspecified atom stereocenters. The lowest BCUT2D eigenvalue weighted by Crippen LogP contribution is -2.30. The average molecular weight is 377 g/mol. The van der Waals surface area contributed by atoms with Crippen molar-refractivity contribution in [1.29, 1.82) is 0 Å². The summed E-state index contributed by atoms with van der Waals surface area (Å²) >= 11 is 0. The lowest BCUT2D eigenvalue weighted by Gasteiger charge is -2.31. The van der Waals surface area contributed by atoms with Gasteiger partial charge < -0.3 is 14.0 Å². The van der Waals surface area contributed by atoms with E-state index in [0.717, 1.165) is 37.6 Å². The van der Waals surface area contributed by atoms with Crippen LogP contribution in [0.15, 0.2) is 60.8 Å². The van der Waals surface area contributed by atoms with Crippen molar-refractivity contribution < 1.29 is 9.47 Å².